The van der Waals surface area contributed by atoms with Crippen molar-refractivity contribution in [3.05, 3.63) is 34.2 Å². The first kappa shape index (κ1) is 18.3. The lowest BCUT2D eigenvalue weighted by molar-refractivity contribution is -0.137. The number of amides is 1. The van der Waals surface area contributed by atoms with E-state index in [-0.39, 0.29) is 18.1 Å². The van der Waals surface area contributed by atoms with Gasteiger partial charge in [0, 0.05) is 13.1 Å². The van der Waals surface area contributed by atoms with E-state index in [1.807, 2.05) is 0 Å². The van der Waals surface area contributed by atoms with Crippen LogP contribution in [0.2, 0.25) is 0 Å². The van der Waals surface area contributed by atoms with Crippen molar-refractivity contribution in [2.45, 2.75) is 45.0 Å². The molecule has 2 aromatic rings. The molecule has 1 fully saturated rings. The number of aromatic nitrogens is 2. The molecule has 0 aliphatic carbocycles. The van der Waals surface area contributed by atoms with Crippen molar-refractivity contribution in [1.82, 2.24) is 14.5 Å². The van der Waals surface area contributed by atoms with Gasteiger partial charge in [-0.2, -0.15) is 13.2 Å². The number of nitrogens with zero attached hydrogens (tertiary/aromatic N) is 2. The lowest BCUT2D eigenvalue weighted by Gasteiger charge is -2.24. The number of likely N-dealkylation sites (tertiary alicyclic amines) is 1. The van der Waals surface area contributed by atoms with Crippen LogP contribution in [0.5, 0.6) is 0 Å². The number of hydrogen-bond donors (Lipinski definition) is 1. The number of fused-ring (bicyclic) bond motifs is 1. The van der Waals surface area contributed by atoms with E-state index in [4.69, 9.17) is 4.74 Å². The van der Waals surface area contributed by atoms with Crippen LogP contribution in [0.25, 0.3) is 11.0 Å². The Hall–Kier alpha value is -2.45. The molecule has 1 atom stereocenters. The number of carbonyl (C=O) groups excluding carboxylic acids is 1. The molecule has 1 amide bonds. The van der Waals surface area contributed by atoms with E-state index in [2.05, 4.69) is 4.98 Å². The molecular formula is C17H20F3N3O3. The molecule has 0 spiro atoms. The van der Waals surface area contributed by atoms with Crippen LogP contribution in [0.15, 0.2) is 23.0 Å². The summed E-state index contributed by atoms with van der Waals surface area (Å²) in [6.07, 6.45) is -4.42. The molecule has 1 saturated heterocycles. The van der Waals surface area contributed by atoms with Gasteiger partial charge >= 0.3 is 18.0 Å². The molecule has 1 N–H and O–H groups in total. The molecule has 3 rings (SSSR count). The molecule has 1 aromatic carbocycles. The van der Waals surface area contributed by atoms with E-state index in [0.717, 1.165) is 12.1 Å². The summed E-state index contributed by atoms with van der Waals surface area (Å²) < 4.78 is 45.3. The van der Waals surface area contributed by atoms with E-state index >= 15 is 0 Å². The Morgan fingerprint density at radius 1 is 1.27 bits per heavy atom. The highest BCUT2D eigenvalue weighted by Crippen LogP contribution is 2.32. The summed E-state index contributed by atoms with van der Waals surface area (Å²) in [6.45, 7) is 5.98. The normalized spacial score (nSPS) is 18.5. The molecule has 142 valence electrons. The first-order valence-corrected chi connectivity index (χ1v) is 8.25. The molecule has 1 aromatic heterocycles. The largest absolute Gasteiger partial charge is 0.444 e. The van der Waals surface area contributed by atoms with Gasteiger partial charge < -0.3 is 14.6 Å². The van der Waals surface area contributed by atoms with Gasteiger partial charge in [-0.05, 0) is 45.4 Å². The lowest BCUT2D eigenvalue weighted by atomic mass is 10.2. The zero-order valence-electron chi connectivity index (χ0n) is 14.7. The Kier molecular flexibility index (Phi) is 4.28. The second-order valence-corrected chi connectivity index (χ2v) is 7.40. The summed E-state index contributed by atoms with van der Waals surface area (Å²) in [5.41, 5.74) is -1.42. The van der Waals surface area contributed by atoms with Crippen LogP contribution >= 0.6 is 0 Å². The predicted molar refractivity (Wildman–Crippen MR) is 89.0 cm³/mol. The number of carbonyl (C=O) groups is 1. The summed E-state index contributed by atoms with van der Waals surface area (Å²) in [5, 5.41) is 0. The molecule has 1 aliphatic rings. The smallest absolute Gasteiger partial charge is 0.416 e. The van der Waals surface area contributed by atoms with Crippen molar-refractivity contribution in [2.24, 2.45) is 0 Å². The first-order valence-electron chi connectivity index (χ1n) is 8.25. The molecular weight excluding hydrogens is 351 g/mol. The monoisotopic (exact) mass is 371 g/mol. The third-order valence-electron chi connectivity index (χ3n) is 4.22. The number of hydrogen-bond acceptors (Lipinski definition) is 3. The molecule has 0 bridgehead atoms. The second kappa shape index (κ2) is 6.07. The van der Waals surface area contributed by atoms with Crippen molar-refractivity contribution in [3.63, 3.8) is 0 Å². The molecule has 1 aliphatic heterocycles. The minimum Gasteiger partial charge on any atom is -0.444 e. The fraction of sp³-hybridized carbons (Fsp3) is 0.529. The topological polar surface area (TPSA) is 67.3 Å². The van der Waals surface area contributed by atoms with Gasteiger partial charge in [-0.15, -0.1) is 0 Å². The number of ether oxygens (including phenoxy) is 1. The number of nitrogens with one attached hydrogen (secondary N) is 1. The molecule has 0 radical (unpaired) electrons. The highest BCUT2D eigenvalue weighted by molar-refractivity contribution is 5.76. The molecule has 0 saturated carbocycles. The van der Waals surface area contributed by atoms with Gasteiger partial charge in [0.1, 0.15) is 5.60 Å². The Balaban J connectivity index is 1.86. The van der Waals surface area contributed by atoms with Crippen molar-refractivity contribution < 1.29 is 22.7 Å². The van der Waals surface area contributed by atoms with Crippen LogP contribution < -0.4 is 5.69 Å². The zero-order valence-corrected chi connectivity index (χ0v) is 14.7. The SMILES string of the molecule is CC(C)(C)OC(=O)N1CCC(n2c(=O)[nH]c3cc(C(F)(F)F)ccc32)C1. The molecule has 26 heavy (non-hydrogen) atoms. The van der Waals surface area contributed by atoms with Gasteiger partial charge in [0.2, 0.25) is 0 Å². The van der Waals surface area contributed by atoms with Gasteiger partial charge in [0.05, 0.1) is 22.6 Å². The summed E-state index contributed by atoms with van der Waals surface area (Å²) in [4.78, 5) is 28.4. The number of alkyl halides is 3. The summed E-state index contributed by atoms with van der Waals surface area (Å²) in [7, 11) is 0. The summed E-state index contributed by atoms with van der Waals surface area (Å²) in [6, 6.07) is 2.84. The average Bonchev–Trinajstić information content (AvgIpc) is 3.06. The van der Waals surface area contributed by atoms with Gasteiger partial charge in [-0.1, -0.05) is 0 Å². The van der Waals surface area contributed by atoms with Gasteiger partial charge in [-0.3, -0.25) is 4.57 Å². The Morgan fingerprint density at radius 2 is 1.96 bits per heavy atom. The number of benzene rings is 1. The third kappa shape index (κ3) is 3.56. The number of rotatable bonds is 1. The van der Waals surface area contributed by atoms with Crippen LogP contribution in [0.3, 0.4) is 0 Å². The van der Waals surface area contributed by atoms with E-state index < -0.39 is 29.1 Å². The quantitative estimate of drug-likeness (QED) is 0.834. The van der Waals surface area contributed by atoms with E-state index in [0.29, 0.717) is 18.5 Å². The van der Waals surface area contributed by atoms with Crippen LogP contribution in [-0.2, 0) is 10.9 Å². The summed E-state index contributed by atoms with van der Waals surface area (Å²) in [5.74, 6) is 0. The lowest BCUT2D eigenvalue weighted by Crippen LogP contribution is -2.36. The molecule has 6 nitrogen and oxygen atoms in total. The molecule has 1 unspecified atom stereocenters. The fourth-order valence-corrected chi connectivity index (χ4v) is 3.11. The van der Waals surface area contributed by atoms with Crippen LogP contribution in [0.1, 0.15) is 38.8 Å². The number of imidazole rings is 1. The molecule has 2 heterocycles. The third-order valence-corrected chi connectivity index (χ3v) is 4.22. The fourth-order valence-electron chi connectivity index (χ4n) is 3.11. The van der Waals surface area contributed by atoms with Crippen molar-refractivity contribution in [1.29, 1.82) is 0 Å². The maximum absolute atomic E-state index is 12.8. The maximum Gasteiger partial charge on any atom is 0.416 e. The standard InChI is InChI=1S/C17H20F3N3O3/c1-16(2,3)26-15(25)22-7-6-11(9-22)23-13-5-4-10(17(18,19)20)8-12(13)21-14(23)24/h4-5,8,11H,6-7,9H2,1-3H3,(H,21,24). The van der Waals surface area contributed by atoms with Gasteiger partial charge in [-0.25, -0.2) is 9.59 Å². The number of H-pyrrole nitrogens is 1. The molecule has 9 heteroatoms. The van der Waals surface area contributed by atoms with Crippen LogP contribution in [0.4, 0.5) is 18.0 Å². The number of halogens is 3. The maximum atomic E-state index is 12.8. The van der Waals surface area contributed by atoms with Crippen LogP contribution in [-0.4, -0.2) is 39.2 Å². The minimum absolute atomic E-state index is 0.126. The van der Waals surface area contributed by atoms with E-state index in [1.165, 1.54) is 15.5 Å². The van der Waals surface area contributed by atoms with Crippen molar-refractivity contribution >= 4 is 17.1 Å². The minimum atomic E-state index is -4.48. The Bertz CT molecular complexity index is 893. The number of aromatic amines is 1. The Morgan fingerprint density at radius 3 is 2.58 bits per heavy atom. The van der Waals surface area contributed by atoms with Crippen molar-refractivity contribution in [2.75, 3.05) is 13.1 Å². The first-order chi connectivity index (χ1) is 12.0. The second-order valence-electron chi connectivity index (χ2n) is 7.40. The van der Waals surface area contributed by atoms with E-state index in [1.54, 1.807) is 20.8 Å². The zero-order chi connectivity index (χ0) is 19.3. The predicted octanol–water partition coefficient (Wildman–Crippen LogP) is 3.53. The van der Waals surface area contributed by atoms with Crippen LogP contribution in [0, 0.1) is 0 Å². The van der Waals surface area contributed by atoms with E-state index in [9.17, 15) is 22.8 Å². The Labute approximate surface area is 147 Å². The summed E-state index contributed by atoms with van der Waals surface area (Å²) >= 11 is 0. The highest BCUT2D eigenvalue weighted by atomic mass is 19.4. The average molecular weight is 371 g/mol. The van der Waals surface area contributed by atoms with Gasteiger partial charge in [0.25, 0.3) is 0 Å². The van der Waals surface area contributed by atoms with Gasteiger partial charge in [0.15, 0.2) is 0 Å². The highest BCUT2D eigenvalue weighted by Gasteiger charge is 2.34. The van der Waals surface area contributed by atoms with Crippen molar-refractivity contribution in [3.8, 4) is 0 Å².